The third kappa shape index (κ3) is 4.04. The molecule has 0 fully saturated rings. The molecule has 1 aliphatic heterocycles. The molecule has 0 aromatic heterocycles. The van der Waals surface area contributed by atoms with Gasteiger partial charge in [0.05, 0.1) is 24.7 Å². The number of carboxylic acids is 1. The average molecular weight is 374 g/mol. The number of carbonyl (C=O) groups excluding carboxylic acids is 2. The molecule has 0 spiro atoms. The van der Waals surface area contributed by atoms with Crippen LogP contribution in [0.15, 0.2) is 11.6 Å². The summed E-state index contributed by atoms with van der Waals surface area (Å²) in [5.41, 5.74) is 4.38. The van der Waals surface area contributed by atoms with Gasteiger partial charge in [-0.2, -0.15) is 0 Å². The second-order valence-electron chi connectivity index (χ2n) is 6.88. The molecule has 0 saturated heterocycles. The van der Waals surface area contributed by atoms with Gasteiger partial charge in [-0.05, 0) is 49.3 Å². The maximum Gasteiger partial charge on any atom is 0.339 e. The van der Waals surface area contributed by atoms with Gasteiger partial charge in [-0.1, -0.05) is 25.5 Å². The van der Waals surface area contributed by atoms with Gasteiger partial charge in [0.15, 0.2) is 0 Å². The monoisotopic (exact) mass is 374 g/mol. The van der Waals surface area contributed by atoms with Gasteiger partial charge in [-0.15, -0.1) is 0 Å². The molecular formula is C21H26O6. The lowest BCUT2D eigenvalue weighted by Crippen LogP contribution is -2.15. The highest BCUT2D eigenvalue weighted by molar-refractivity contribution is 6.06. The zero-order valence-corrected chi connectivity index (χ0v) is 16.5. The summed E-state index contributed by atoms with van der Waals surface area (Å²) < 4.78 is 9.80. The SMILES string of the molecule is CCc1c(C)c2c(c(C(=O)O)c1C/C=C(\C)C(C)CC(=O)OC)C(=O)OC2. The molecule has 27 heavy (non-hydrogen) atoms. The van der Waals surface area contributed by atoms with Gasteiger partial charge in [0.25, 0.3) is 0 Å². The lowest BCUT2D eigenvalue weighted by atomic mass is 9.85. The van der Waals surface area contributed by atoms with Gasteiger partial charge in [0.2, 0.25) is 0 Å². The van der Waals surface area contributed by atoms with E-state index in [4.69, 9.17) is 9.47 Å². The number of fused-ring (bicyclic) bond motifs is 1. The summed E-state index contributed by atoms with van der Waals surface area (Å²) in [6.45, 7) is 7.84. The number of carbonyl (C=O) groups is 3. The maximum atomic E-state index is 12.1. The van der Waals surface area contributed by atoms with Crippen molar-refractivity contribution in [3.63, 3.8) is 0 Å². The highest BCUT2D eigenvalue weighted by Gasteiger charge is 2.33. The molecule has 0 radical (unpaired) electrons. The van der Waals surface area contributed by atoms with E-state index in [-0.39, 0.29) is 36.0 Å². The third-order valence-corrected chi connectivity index (χ3v) is 5.35. The Morgan fingerprint density at radius 3 is 2.56 bits per heavy atom. The molecule has 1 N–H and O–H groups in total. The van der Waals surface area contributed by atoms with E-state index in [9.17, 15) is 19.5 Å². The molecule has 6 heteroatoms. The number of esters is 2. The van der Waals surface area contributed by atoms with Crippen LogP contribution in [0.1, 0.15) is 70.2 Å². The van der Waals surface area contributed by atoms with E-state index >= 15 is 0 Å². The number of benzene rings is 1. The minimum atomic E-state index is -1.12. The average Bonchev–Trinajstić information content (AvgIpc) is 3.01. The normalized spacial score (nSPS) is 14.6. The molecule has 0 aliphatic carbocycles. The first-order valence-electron chi connectivity index (χ1n) is 9.03. The predicted octanol–water partition coefficient (Wildman–Crippen LogP) is 3.61. The largest absolute Gasteiger partial charge is 0.478 e. The Morgan fingerprint density at radius 1 is 1.33 bits per heavy atom. The third-order valence-electron chi connectivity index (χ3n) is 5.35. The topological polar surface area (TPSA) is 89.9 Å². The smallest absolute Gasteiger partial charge is 0.339 e. The number of hydrogen-bond acceptors (Lipinski definition) is 5. The summed E-state index contributed by atoms with van der Waals surface area (Å²) in [6.07, 6.45) is 3.23. The van der Waals surface area contributed by atoms with Crippen molar-refractivity contribution in [3.8, 4) is 0 Å². The molecule has 1 aromatic rings. The van der Waals surface area contributed by atoms with E-state index in [1.54, 1.807) is 0 Å². The molecule has 1 aromatic carbocycles. The fraction of sp³-hybridized carbons (Fsp3) is 0.476. The first-order valence-corrected chi connectivity index (χ1v) is 9.03. The van der Waals surface area contributed by atoms with Gasteiger partial charge in [-0.3, -0.25) is 4.79 Å². The van der Waals surface area contributed by atoms with Crippen LogP contribution in [0.5, 0.6) is 0 Å². The van der Waals surface area contributed by atoms with Crippen LogP contribution in [0.25, 0.3) is 0 Å². The number of cyclic esters (lactones) is 1. The standard InChI is InChI=1S/C21H26O6/c1-6-14-13(4)16-10-27-21(25)19(16)18(20(23)24)15(14)8-7-11(2)12(3)9-17(22)26-5/h7,12H,6,8-10H2,1-5H3,(H,23,24)/b11-7+. The van der Waals surface area contributed by atoms with E-state index in [1.807, 2.05) is 33.8 Å². The van der Waals surface area contributed by atoms with Crippen molar-refractivity contribution in [3.05, 3.63) is 45.0 Å². The van der Waals surface area contributed by atoms with Crippen LogP contribution >= 0.6 is 0 Å². The Bertz CT molecular complexity index is 819. The first-order chi connectivity index (χ1) is 12.7. The van der Waals surface area contributed by atoms with Crippen LogP contribution in [-0.4, -0.2) is 30.1 Å². The Kier molecular flexibility index (Phi) is 6.41. The van der Waals surface area contributed by atoms with Crippen LogP contribution < -0.4 is 0 Å². The van der Waals surface area contributed by atoms with Crippen molar-refractivity contribution in [2.24, 2.45) is 5.92 Å². The number of methoxy groups -OCH3 is 1. The van der Waals surface area contributed by atoms with Gasteiger partial charge >= 0.3 is 17.9 Å². The Balaban J connectivity index is 2.50. The van der Waals surface area contributed by atoms with E-state index in [0.29, 0.717) is 24.0 Å². The lowest BCUT2D eigenvalue weighted by molar-refractivity contribution is -0.141. The molecule has 1 aliphatic rings. The fourth-order valence-electron chi connectivity index (χ4n) is 3.56. The van der Waals surface area contributed by atoms with Crippen LogP contribution in [0.2, 0.25) is 0 Å². The molecule has 0 saturated carbocycles. The molecule has 1 atom stereocenters. The van der Waals surface area contributed by atoms with Crippen LogP contribution in [0.3, 0.4) is 0 Å². The van der Waals surface area contributed by atoms with E-state index < -0.39 is 11.9 Å². The Labute approximate surface area is 159 Å². The number of rotatable bonds is 7. The number of ether oxygens (including phenoxy) is 2. The zero-order valence-electron chi connectivity index (χ0n) is 16.5. The maximum absolute atomic E-state index is 12.1. The van der Waals surface area contributed by atoms with Gasteiger partial charge in [-0.25, -0.2) is 9.59 Å². The minimum absolute atomic E-state index is 0.0173. The summed E-state index contributed by atoms with van der Waals surface area (Å²) in [7, 11) is 1.35. The Hall–Kier alpha value is -2.63. The van der Waals surface area contributed by atoms with Crippen LogP contribution in [-0.2, 0) is 33.7 Å². The summed E-state index contributed by atoms with van der Waals surface area (Å²) in [5, 5.41) is 9.79. The predicted molar refractivity (Wildman–Crippen MR) is 99.9 cm³/mol. The lowest BCUT2D eigenvalue weighted by Gasteiger charge is -2.18. The molecule has 1 heterocycles. The molecule has 1 unspecified atom stereocenters. The minimum Gasteiger partial charge on any atom is -0.478 e. The summed E-state index contributed by atoms with van der Waals surface area (Å²) >= 11 is 0. The molecule has 6 nitrogen and oxygen atoms in total. The highest BCUT2D eigenvalue weighted by Crippen LogP contribution is 2.34. The zero-order chi connectivity index (χ0) is 20.3. The summed E-state index contributed by atoms with van der Waals surface area (Å²) in [4.78, 5) is 35.6. The molecule has 0 amide bonds. The van der Waals surface area contributed by atoms with Crippen LogP contribution in [0, 0.1) is 12.8 Å². The highest BCUT2D eigenvalue weighted by atomic mass is 16.5. The number of allylic oxidation sites excluding steroid dienone is 2. The number of carboxylic acid groups (broad SMARTS) is 1. The van der Waals surface area contributed by atoms with E-state index in [1.165, 1.54) is 7.11 Å². The molecule has 0 bridgehead atoms. The quantitative estimate of drug-likeness (QED) is 0.579. The van der Waals surface area contributed by atoms with Crippen LogP contribution in [0.4, 0.5) is 0 Å². The second-order valence-corrected chi connectivity index (χ2v) is 6.88. The molecule has 146 valence electrons. The number of hydrogen-bond donors (Lipinski definition) is 1. The number of aromatic carboxylic acids is 1. The fourth-order valence-corrected chi connectivity index (χ4v) is 3.56. The molecular weight excluding hydrogens is 348 g/mol. The van der Waals surface area contributed by atoms with E-state index in [0.717, 1.165) is 16.7 Å². The summed E-state index contributed by atoms with van der Waals surface area (Å²) in [6, 6.07) is 0. The first kappa shape index (κ1) is 20.7. The second kappa shape index (κ2) is 8.37. The van der Waals surface area contributed by atoms with Crippen molar-refractivity contribution in [2.45, 2.75) is 53.6 Å². The van der Waals surface area contributed by atoms with Gasteiger partial charge in [0.1, 0.15) is 6.61 Å². The van der Waals surface area contributed by atoms with Gasteiger partial charge < -0.3 is 14.6 Å². The van der Waals surface area contributed by atoms with Gasteiger partial charge in [0, 0.05) is 5.56 Å². The van der Waals surface area contributed by atoms with Crippen molar-refractivity contribution in [2.75, 3.05) is 7.11 Å². The van der Waals surface area contributed by atoms with Crippen molar-refractivity contribution in [1.29, 1.82) is 0 Å². The van der Waals surface area contributed by atoms with Crippen molar-refractivity contribution in [1.82, 2.24) is 0 Å². The van der Waals surface area contributed by atoms with Crippen molar-refractivity contribution >= 4 is 17.9 Å². The van der Waals surface area contributed by atoms with Crippen molar-refractivity contribution < 1.29 is 29.0 Å². The Morgan fingerprint density at radius 2 is 2.00 bits per heavy atom. The summed E-state index contributed by atoms with van der Waals surface area (Å²) in [5.74, 6) is -2.00. The van der Waals surface area contributed by atoms with E-state index in [2.05, 4.69) is 0 Å². The molecule has 2 rings (SSSR count).